The maximum atomic E-state index is 12.0. The van der Waals surface area contributed by atoms with Gasteiger partial charge in [0.25, 0.3) is 5.56 Å². The Morgan fingerprint density at radius 3 is 2.79 bits per heavy atom. The minimum atomic E-state index is -0.810. The van der Waals surface area contributed by atoms with Crippen molar-refractivity contribution in [3.8, 4) is 11.5 Å². The summed E-state index contributed by atoms with van der Waals surface area (Å²) in [5.74, 6) is 0.768. The number of aromatic nitrogens is 3. The Labute approximate surface area is 164 Å². The Morgan fingerprint density at radius 1 is 1.34 bits per heavy atom. The summed E-state index contributed by atoms with van der Waals surface area (Å²) < 4.78 is 16.6. The van der Waals surface area contributed by atoms with Gasteiger partial charge in [0.2, 0.25) is 23.9 Å². The van der Waals surface area contributed by atoms with Gasteiger partial charge in [0.05, 0.1) is 20.3 Å². The number of amides is 1. The van der Waals surface area contributed by atoms with Crippen molar-refractivity contribution < 1.29 is 19.0 Å². The number of ether oxygens (including phenoxy) is 3. The first-order valence-corrected chi connectivity index (χ1v) is 8.70. The van der Waals surface area contributed by atoms with Crippen LogP contribution in [0.15, 0.2) is 32.9 Å². The van der Waals surface area contributed by atoms with Crippen molar-refractivity contribution in [3.05, 3.63) is 44.6 Å². The molecule has 1 aromatic heterocycles. The summed E-state index contributed by atoms with van der Waals surface area (Å²) in [5.41, 5.74) is -0.787. The summed E-state index contributed by atoms with van der Waals surface area (Å²) in [4.78, 5) is 36.8. The van der Waals surface area contributed by atoms with Crippen molar-refractivity contribution in [2.75, 3.05) is 25.6 Å². The molecule has 0 bridgehead atoms. The number of rotatable bonds is 7. The largest absolute Gasteiger partial charge is 0.493 e. The summed E-state index contributed by atoms with van der Waals surface area (Å²) in [6.07, 6.45) is -0.810. The molecule has 3 rings (SSSR count). The minimum absolute atomic E-state index is 0.0312. The van der Waals surface area contributed by atoms with E-state index in [2.05, 4.69) is 20.6 Å². The molecule has 1 aromatic carbocycles. The molecule has 2 aromatic rings. The van der Waals surface area contributed by atoms with Crippen molar-refractivity contribution >= 4 is 17.6 Å². The van der Waals surface area contributed by atoms with E-state index in [1.807, 2.05) is 11.9 Å². The van der Waals surface area contributed by atoms with Crippen LogP contribution in [-0.4, -0.2) is 52.3 Å². The SMILES string of the molecule is CCOc1ccc([C@H]2OC(CNc3n[nH]c(=O)[nH]c3=O)=NN2C(C)=O)cc1OC. The van der Waals surface area contributed by atoms with Gasteiger partial charge in [-0.15, -0.1) is 10.2 Å². The fraction of sp³-hybridized carbons (Fsp3) is 0.353. The number of hydrogen-bond donors (Lipinski definition) is 3. The Kier molecular flexibility index (Phi) is 5.81. The number of methoxy groups -OCH3 is 1. The number of nitrogens with one attached hydrogen (secondary N) is 3. The van der Waals surface area contributed by atoms with Gasteiger partial charge in [-0.05, 0) is 25.1 Å². The standard InChI is InChI=1S/C17H20N6O6/c1-4-28-11-6-5-10(7-12(11)27-3)16-23(9(2)24)22-13(29-16)8-18-14-15(25)19-17(26)21-20-14/h5-7,16H,4,8H2,1-3H3,(H,18,20)(H2,19,21,25,26)/t16-/m1/s1. The summed E-state index contributed by atoms with van der Waals surface area (Å²) >= 11 is 0. The maximum absolute atomic E-state index is 12.0. The number of hydrogen-bond acceptors (Lipinski definition) is 9. The molecule has 1 aliphatic heterocycles. The highest BCUT2D eigenvalue weighted by molar-refractivity contribution is 5.85. The second kappa shape index (κ2) is 8.46. The Morgan fingerprint density at radius 2 is 2.14 bits per heavy atom. The highest BCUT2D eigenvalue weighted by atomic mass is 16.5. The van der Waals surface area contributed by atoms with E-state index in [9.17, 15) is 14.4 Å². The van der Waals surface area contributed by atoms with E-state index >= 15 is 0 Å². The number of carbonyl (C=O) groups is 1. The third-order valence-electron chi connectivity index (χ3n) is 3.90. The van der Waals surface area contributed by atoms with Crippen LogP contribution < -0.4 is 26.0 Å². The lowest BCUT2D eigenvalue weighted by Crippen LogP contribution is -2.28. The fourth-order valence-corrected chi connectivity index (χ4v) is 2.64. The second-order valence-corrected chi connectivity index (χ2v) is 5.88. The van der Waals surface area contributed by atoms with E-state index in [4.69, 9.17) is 14.2 Å². The lowest BCUT2D eigenvalue weighted by atomic mass is 10.1. The van der Waals surface area contributed by atoms with Gasteiger partial charge in [0.15, 0.2) is 11.5 Å². The molecule has 154 valence electrons. The van der Waals surface area contributed by atoms with Crippen molar-refractivity contribution in [2.45, 2.75) is 20.1 Å². The predicted octanol–water partition coefficient (Wildman–Crippen LogP) is 0.168. The van der Waals surface area contributed by atoms with E-state index in [1.165, 1.54) is 19.0 Å². The molecule has 1 atom stereocenters. The lowest BCUT2D eigenvalue weighted by molar-refractivity contribution is -0.135. The average molecular weight is 404 g/mol. The van der Waals surface area contributed by atoms with Crippen LogP contribution in [0.5, 0.6) is 11.5 Å². The Bertz CT molecular complexity index is 1050. The van der Waals surface area contributed by atoms with Gasteiger partial charge >= 0.3 is 5.69 Å². The zero-order valence-electron chi connectivity index (χ0n) is 16.0. The lowest BCUT2D eigenvalue weighted by Gasteiger charge is -2.20. The second-order valence-electron chi connectivity index (χ2n) is 5.88. The maximum Gasteiger partial charge on any atom is 0.342 e. The summed E-state index contributed by atoms with van der Waals surface area (Å²) in [6.45, 7) is 3.67. The molecule has 29 heavy (non-hydrogen) atoms. The topological polar surface area (TPSA) is 151 Å². The fourth-order valence-electron chi connectivity index (χ4n) is 2.64. The van der Waals surface area contributed by atoms with Crippen LogP contribution in [0.25, 0.3) is 0 Å². The van der Waals surface area contributed by atoms with Crippen LogP contribution in [0.3, 0.4) is 0 Å². The Balaban J connectivity index is 1.78. The third kappa shape index (κ3) is 4.36. The highest BCUT2D eigenvalue weighted by Crippen LogP contribution is 2.35. The van der Waals surface area contributed by atoms with Crippen LogP contribution in [0.4, 0.5) is 5.82 Å². The molecule has 0 aliphatic carbocycles. The van der Waals surface area contributed by atoms with Crippen LogP contribution >= 0.6 is 0 Å². The first kappa shape index (κ1) is 19.9. The Hall–Kier alpha value is -3.83. The summed E-state index contributed by atoms with van der Waals surface area (Å²) in [7, 11) is 1.51. The number of benzene rings is 1. The molecule has 0 saturated heterocycles. The molecule has 0 spiro atoms. The molecule has 1 amide bonds. The van der Waals surface area contributed by atoms with E-state index in [-0.39, 0.29) is 24.2 Å². The van der Waals surface area contributed by atoms with Gasteiger partial charge in [-0.1, -0.05) is 0 Å². The first-order chi connectivity index (χ1) is 13.9. The van der Waals surface area contributed by atoms with Crippen molar-refractivity contribution in [1.82, 2.24) is 20.2 Å². The van der Waals surface area contributed by atoms with Crippen LogP contribution in [-0.2, 0) is 9.53 Å². The monoisotopic (exact) mass is 404 g/mol. The molecule has 0 unspecified atom stereocenters. The normalized spacial score (nSPS) is 15.5. The number of H-pyrrole nitrogens is 2. The number of hydrazone groups is 1. The molecule has 12 nitrogen and oxygen atoms in total. The van der Waals surface area contributed by atoms with E-state index in [0.717, 1.165) is 0 Å². The molecule has 0 fully saturated rings. The molecule has 3 N–H and O–H groups in total. The zero-order valence-corrected chi connectivity index (χ0v) is 16.0. The molecule has 1 aliphatic rings. The van der Waals surface area contributed by atoms with Gasteiger partial charge in [-0.3, -0.25) is 14.6 Å². The van der Waals surface area contributed by atoms with Gasteiger partial charge < -0.3 is 19.5 Å². The number of aromatic amines is 2. The number of anilines is 1. The van der Waals surface area contributed by atoms with Crippen molar-refractivity contribution in [2.24, 2.45) is 5.10 Å². The molecule has 0 radical (unpaired) electrons. The van der Waals surface area contributed by atoms with Gasteiger partial charge in [0, 0.05) is 12.5 Å². The number of nitrogens with zero attached hydrogens (tertiary/aromatic N) is 3. The van der Waals surface area contributed by atoms with E-state index in [1.54, 1.807) is 18.2 Å². The summed E-state index contributed by atoms with van der Waals surface area (Å²) in [5, 5.41) is 13.7. The predicted molar refractivity (Wildman–Crippen MR) is 102 cm³/mol. The van der Waals surface area contributed by atoms with Crippen molar-refractivity contribution in [1.29, 1.82) is 0 Å². The van der Waals surface area contributed by atoms with Crippen LogP contribution in [0.1, 0.15) is 25.6 Å². The highest BCUT2D eigenvalue weighted by Gasteiger charge is 2.33. The van der Waals surface area contributed by atoms with Crippen LogP contribution in [0.2, 0.25) is 0 Å². The first-order valence-electron chi connectivity index (χ1n) is 8.70. The number of carbonyl (C=O) groups excluding carboxylic acids is 1. The molecular formula is C17H20N6O6. The van der Waals surface area contributed by atoms with Gasteiger partial charge in [0.1, 0.15) is 0 Å². The van der Waals surface area contributed by atoms with Gasteiger partial charge in [-0.2, -0.15) is 5.01 Å². The third-order valence-corrected chi connectivity index (χ3v) is 3.90. The van der Waals surface area contributed by atoms with E-state index in [0.29, 0.717) is 23.7 Å². The smallest absolute Gasteiger partial charge is 0.342 e. The average Bonchev–Trinajstić information content (AvgIpc) is 3.12. The molecular weight excluding hydrogens is 384 g/mol. The molecule has 0 saturated carbocycles. The van der Waals surface area contributed by atoms with E-state index < -0.39 is 17.5 Å². The quantitative estimate of drug-likeness (QED) is 0.591. The summed E-state index contributed by atoms with van der Waals surface area (Å²) in [6, 6.07) is 5.17. The zero-order chi connectivity index (χ0) is 21.0. The van der Waals surface area contributed by atoms with Crippen LogP contribution in [0, 0.1) is 0 Å². The minimum Gasteiger partial charge on any atom is -0.493 e. The molecule has 2 heterocycles. The molecule has 12 heteroatoms. The van der Waals surface area contributed by atoms with Crippen molar-refractivity contribution in [3.63, 3.8) is 0 Å². The van der Waals surface area contributed by atoms with Gasteiger partial charge in [-0.25, -0.2) is 9.89 Å².